The third kappa shape index (κ3) is 4.86. The zero-order chi connectivity index (χ0) is 20.1. The first-order valence-electron chi connectivity index (χ1n) is 10.2. The van der Waals surface area contributed by atoms with Gasteiger partial charge in [-0.3, -0.25) is 4.79 Å². The summed E-state index contributed by atoms with van der Waals surface area (Å²) in [4.78, 5) is 12.8. The molecule has 29 heavy (non-hydrogen) atoms. The monoisotopic (exact) mass is 386 g/mol. The van der Waals surface area contributed by atoms with Gasteiger partial charge in [-0.25, -0.2) is 0 Å². The van der Waals surface area contributed by atoms with Crippen LogP contribution in [-0.4, -0.2) is 12.4 Å². The predicted molar refractivity (Wildman–Crippen MR) is 115 cm³/mol. The van der Waals surface area contributed by atoms with Crippen molar-refractivity contribution < 1.29 is 14.3 Å². The Labute approximate surface area is 172 Å². The molecular weight excluding hydrogens is 360 g/mol. The van der Waals surface area contributed by atoms with Crippen LogP contribution in [0.1, 0.15) is 37.3 Å². The first-order chi connectivity index (χ1) is 14.2. The average Bonchev–Trinajstić information content (AvgIpc) is 3.50. The Balaban J connectivity index is 1.39. The third-order valence-corrected chi connectivity index (χ3v) is 5.45. The maximum Gasteiger partial charge on any atom is 0.138 e. The summed E-state index contributed by atoms with van der Waals surface area (Å²) in [7, 11) is 0. The van der Waals surface area contributed by atoms with Crippen LogP contribution in [0.15, 0.2) is 78.9 Å². The molecule has 0 N–H and O–H groups in total. The lowest BCUT2D eigenvalue weighted by atomic mass is 9.89. The second kappa shape index (κ2) is 8.52. The first-order valence-corrected chi connectivity index (χ1v) is 10.2. The molecule has 0 spiro atoms. The summed E-state index contributed by atoms with van der Waals surface area (Å²) in [5.41, 5.74) is 2.25. The van der Waals surface area contributed by atoms with Gasteiger partial charge in [-0.05, 0) is 67.3 Å². The number of carbonyl (C=O) groups excluding carboxylic acids is 1. The molecular formula is C26H26O3. The zero-order valence-corrected chi connectivity index (χ0v) is 16.8. The van der Waals surface area contributed by atoms with Gasteiger partial charge in [-0.1, -0.05) is 42.5 Å². The Bertz CT molecular complexity index is 957. The SMILES string of the molecule is CCOc1ccc(C2(CC(=O)Cc3cccc(Oc4ccccc4)c3)CC2)cc1. The smallest absolute Gasteiger partial charge is 0.138 e. The summed E-state index contributed by atoms with van der Waals surface area (Å²) in [6, 6.07) is 25.7. The number of Topliss-reactive ketones (excluding diaryl/α,β-unsaturated/α-hetero) is 1. The highest BCUT2D eigenvalue weighted by molar-refractivity contribution is 5.83. The van der Waals surface area contributed by atoms with Gasteiger partial charge in [0, 0.05) is 18.3 Å². The van der Waals surface area contributed by atoms with Gasteiger partial charge >= 0.3 is 0 Å². The highest BCUT2D eigenvalue weighted by Crippen LogP contribution is 2.51. The Hall–Kier alpha value is -3.07. The minimum atomic E-state index is 0.0139. The zero-order valence-electron chi connectivity index (χ0n) is 16.8. The van der Waals surface area contributed by atoms with Crippen molar-refractivity contribution in [3.63, 3.8) is 0 Å². The van der Waals surface area contributed by atoms with Crippen LogP contribution in [0.2, 0.25) is 0 Å². The van der Waals surface area contributed by atoms with Gasteiger partial charge in [-0.2, -0.15) is 0 Å². The van der Waals surface area contributed by atoms with Crippen molar-refractivity contribution in [3.05, 3.63) is 90.0 Å². The highest BCUT2D eigenvalue weighted by Gasteiger charge is 2.45. The minimum absolute atomic E-state index is 0.0139. The number of ether oxygens (including phenoxy) is 2. The number of hydrogen-bond donors (Lipinski definition) is 0. The van der Waals surface area contributed by atoms with E-state index in [0.29, 0.717) is 19.4 Å². The maximum absolute atomic E-state index is 12.8. The van der Waals surface area contributed by atoms with Crippen molar-refractivity contribution >= 4 is 5.78 Å². The van der Waals surface area contributed by atoms with E-state index < -0.39 is 0 Å². The Kier molecular flexibility index (Phi) is 5.66. The topological polar surface area (TPSA) is 35.5 Å². The molecule has 3 nitrogen and oxygen atoms in total. The van der Waals surface area contributed by atoms with E-state index in [9.17, 15) is 4.79 Å². The Morgan fingerprint density at radius 1 is 0.862 bits per heavy atom. The molecule has 1 fully saturated rings. The normalized spacial score (nSPS) is 14.2. The molecule has 3 aromatic carbocycles. The van der Waals surface area contributed by atoms with E-state index in [1.807, 2.05) is 73.7 Å². The van der Waals surface area contributed by atoms with E-state index in [-0.39, 0.29) is 11.2 Å². The van der Waals surface area contributed by atoms with Gasteiger partial charge < -0.3 is 9.47 Å². The average molecular weight is 386 g/mol. The van der Waals surface area contributed by atoms with Crippen molar-refractivity contribution in [2.75, 3.05) is 6.61 Å². The van der Waals surface area contributed by atoms with Crippen molar-refractivity contribution in [2.45, 2.75) is 38.0 Å². The second-order valence-electron chi connectivity index (χ2n) is 7.69. The molecule has 0 saturated heterocycles. The van der Waals surface area contributed by atoms with Crippen LogP contribution in [0.3, 0.4) is 0 Å². The van der Waals surface area contributed by atoms with E-state index in [1.54, 1.807) is 0 Å². The van der Waals surface area contributed by atoms with Crippen molar-refractivity contribution in [3.8, 4) is 17.2 Å². The first kappa shape index (κ1) is 19.3. The number of ketones is 1. The molecule has 4 rings (SSSR count). The second-order valence-corrected chi connectivity index (χ2v) is 7.69. The molecule has 1 aliphatic rings. The van der Waals surface area contributed by atoms with Crippen LogP contribution in [0.5, 0.6) is 17.2 Å². The Morgan fingerprint density at radius 3 is 2.28 bits per heavy atom. The molecule has 1 saturated carbocycles. The Morgan fingerprint density at radius 2 is 1.59 bits per heavy atom. The van der Waals surface area contributed by atoms with Crippen LogP contribution in [0.25, 0.3) is 0 Å². The van der Waals surface area contributed by atoms with Crippen LogP contribution in [0.4, 0.5) is 0 Å². The van der Waals surface area contributed by atoms with Gasteiger partial charge in [0.15, 0.2) is 0 Å². The van der Waals surface area contributed by atoms with Crippen LogP contribution in [-0.2, 0) is 16.6 Å². The number of para-hydroxylation sites is 1. The lowest BCUT2D eigenvalue weighted by Crippen LogP contribution is -2.15. The van der Waals surface area contributed by atoms with Gasteiger partial charge in [0.25, 0.3) is 0 Å². The summed E-state index contributed by atoms with van der Waals surface area (Å²) in [6.07, 6.45) is 3.17. The fraction of sp³-hybridized carbons (Fsp3) is 0.269. The molecule has 1 aliphatic carbocycles. The summed E-state index contributed by atoms with van der Waals surface area (Å²) < 4.78 is 11.4. The van der Waals surface area contributed by atoms with Crippen molar-refractivity contribution in [2.24, 2.45) is 0 Å². The number of benzene rings is 3. The minimum Gasteiger partial charge on any atom is -0.494 e. The molecule has 0 amide bonds. The standard InChI is InChI=1S/C26H26O3/c1-2-28-23-13-11-21(12-14-23)26(15-16-26)19-22(27)17-20-7-6-10-25(18-20)29-24-8-4-3-5-9-24/h3-14,18H,2,15-17,19H2,1H3. The molecule has 0 atom stereocenters. The molecule has 0 unspecified atom stereocenters. The fourth-order valence-electron chi connectivity index (χ4n) is 3.80. The molecule has 3 heteroatoms. The highest BCUT2D eigenvalue weighted by atomic mass is 16.5. The van der Waals surface area contributed by atoms with Crippen molar-refractivity contribution in [1.82, 2.24) is 0 Å². The summed E-state index contributed by atoms with van der Waals surface area (Å²) in [6.45, 7) is 2.64. The lowest BCUT2D eigenvalue weighted by Gasteiger charge is -2.16. The van der Waals surface area contributed by atoms with E-state index >= 15 is 0 Å². The molecule has 0 aromatic heterocycles. The summed E-state index contributed by atoms with van der Waals surface area (Å²) in [5.74, 6) is 2.71. The van der Waals surface area contributed by atoms with Crippen molar-refractivity contribution in [1.29, 1.82) is 0 Å². The number of carbonyl (C=O) groups is 1. The summed E-state index contributed by atoms with van der Waals surface area (Å²) >= 11 is 0. The van der Waals surface area contributed by atoms with Crippen LogP contribution in [0, 0.1) is 0 Å². The molecule has 3 aromatic rings. The maximum atomic E-state index is 12.8. The lowest BCUT2D eigenvalue weighted by molar-refractivity contribution is -0.119. The van der Waals surface area contributed by atoms with Gasteiger partial charge in [-0.15, -0.1) is 0 Å². The molecule has 0 aliphatic heterocycles. The molecule has 0 radical (unpaired) electrons. The molecule has 148 valence electrons. The summed E-state index contributed by atoms with van der Waals surface area (Å²) in [5, 5.41) is 0. The fourth-order valence-corrected chi connectivity index (χ4v) is 3.80. The van der Waals surface area contributed by atoms with Gasteiger partial charge in [0.05, 0.1) is 6.61 Å². The quantitative estimate of drug-likeness (QED) is 0.445. The van der Waals surface area contributed by atoms with Crippen LogP contribution >= 0.6 is 0 Å². The number of hydrogen-bond acceptors (Lipinski definition) is 3. The number of rotatable bonds is 9. The van der Waals surface area contributed by atoms with E-state index in [2.05, 4.69) is 12.1 Å². The van der Waals surface area contributed by atoms with E-state index in [4.69, 9.17) is 9.47 Å². The van der Waals surface area contributed by atoms with E-state index in [1.165, 1.54) is 5.56 Å². The predicted octanol–water partition coefficient (Wildman–Crippen LogP) is 6.11. The van der Waals surface area contributed by atoms with Gasteiger partial charge in [0.1, 0.15) is 23.0 Å². The van der Waals surface area contributed by atoms with Crippen LogP contribution < -0.4 is 9.47 Å². The van der Waals surface area contributed by atoms with Gasteiger partial charge in [0.2, 0.25) is 0 Å². The molecule has 0 heterocycles. The third-order valence-electron chi connectivity index (χ3n) is 5.45. The molecule has 0 bridgehead atoms. The van der Waals surface area contributed by atoms with E-state index in [0.717, 1.165) is 35.7 Å². The largest absolute Gasteiger partial charge is 0.494 e.